The van der Waals surface area contributed by atoms with Gasteiger partial charge in [0, 0.05) is 25.7 Å². The fourth-order valence-corrected chi connectivity index (χ4v) is 3.61. The van der Waals surface area contributed by atoms with E-state index in [-0.39, 0.29) is 5.60 Å². The van der Waals surface area contributed by atoms with Crippen molar-refractivity contribution < 1.29 is 9.47 Å². The lowest BCUT2D eigenvalue weighted by atomic mass is 9.72. The maximum Gasteiger partial charge on any atom is 0.0939 e. The van der Waals surface area contributed by atoms with Crippen LogP contribution in [0.25, 0.3) is 0 Å². The zero-order chi connectivity index (χ0) is 13.2. The number of rotatable bonds is 3. The number of nitrogens with one attached hydrogen (secondary N) is 1. The molecule has 1 spiro atoms. The van der Waals surface area contributed by atoms with Crippen molar-refractivity contribution in [3.8, 4) is 0 Å². The second-order valence-electron chi connectivity index (χ2n) is 6.99. The van der Waals surface area contributed by atoms with Gasteiger partial charge in [0.2, 0.25) is 0 Å². The van der Waals surface area contributed by atoms with E-state index >= 15 is 0 Å². The summed E-state index contributed by atoms with van der Waals surface area (Å²) in [6.45, 7) is 12.8. The van der Waals surface area contributed by atoms with E-state index in [0.29, 0.717) is 17.4 Å². The third-order valence-corrected chi connectivity index (χ3v) is 4.43. The molecule has 2 aliphatic heterocycles. The third-order valence-electron chi connectivity index (χ3n) is 4.43. The molecular weight excluding hydrogens is 226 g/mol. The quantitative estimate of drug-likeness (QED) is 0.841. The normalized spacial score (nSPS) is 35.0. The first kappa shape index (κ1) is 14.3. The molecular formula is C15H29NO2. The van der Waals surface area contributed by atoms with E-state index in [1.807, 2.05) is 0 Å². The smallest absolute Gasteiger partial charge is 0.0939 e. The molecule has 3 atom stereocenters. The second kappa shape index (κ2) is 5.48. The van der Waals surface area contributed by atoms with E-state index in [0.717, 1.165) is 39.2 Å². The molecule has 2 saturated heterocycles. The summed E-state index contributed by atoms with van der Waals surface area (Å²) in [5.41, 5.74) is 0.334. The molecule has 18 heavy (non-hydrogen) atoms. The zero-order valence-corrected chi connectivity index (χ0v) is 12.4. The summed E-state index contributed by atoms with van der Waals surface area (Å²) in [5, 5.41) is 3.70. The topological polar surface area (TPSA) is 30.5 Å². The minimum atomic E-state index is 0.0296. The SMILES string of the molecule is CCNC(C1CCOC2(CCOC2)C1)C(C)(C)C. The van der Waals surface area contributed by atoms with Crippen molar-refractivity contribution >= 4 is 0 Å². The van der Waals surface area contributed by atoms with Crippen molar-refractivity contribution in [2.75, 3.05) is 26.4 Å². The molecule has 0 aromatic carbocycles. The van der Waals surface area contributed by atoms with Crippen molar-refractivity contribution in [1.82, 2.24) is 5.32 Å². The van der Waals surface area contributed by atoms with Crippen molar-refractivity contribution in [2.45, 2.75) is 58.6 Å². The van der Waals surface area contributed by atoms with Gasteiger partial charge in [-0.2, -0.15) is 0 Å². The predicted molar refractivity (Wildman–Crippen MR) is 73.8 cm³/mol. The van der Waals surface area contributed by atoms with Gasteiger partial charge < -0.3 is 14.8 Å². The van der Waals surface area contributed by atoms with Gasteiger partial charge in [0.15, 0.2) is 0 Å². The van der Waals surface area contributed by atoms with E-state index in [9.17, 15) is 0 Å². The van der Waals surface area contributed by atoms with Gasteiger partial charge >= 0.3 is 0 Å². The minimum absolute atomic E-state index is 0.0296. The Hall–Kier alpha value is -0.120. The van der Waals surface area contributed by atoms with E-state index in [1.165, 1.54) is 6.42 Å². The van der Waals surface area contributed by atoms with Crippen LogP contribution >= 0.6 is 0 Å². The Morgan fingerprint density at radius 1 is 1.33 bits per heavy atom. The van der Waals surface area contributed by atoms with Crippen LogP contribution in [-0.2, 0) is 9.47 Å². The van der Waals surface area contributed by atoms with Gasteiger partial charge in [-0.3, -0.25) is 0 Å². The molecule has 0 amide bonds. The maximum atomic E-state index is 6.04. The van der Waals surface area contributed by atoms with Crippen LogP contribution in [0.1, 0.15) is 47.0 Å². The highest BCUT2D eigenvalue weighted by atomic mass is 16.6. The standard InChI is InChI=1S/C15H29NO2/c1-5-16-13(14(2,3)4)12-6-8-18-15(10-12)7-9-17-11-15/h12-13,16H,5-11H2,1-4H3. The average molecular weight is 255 g/mol. The Bertz CT molecular complexity index is 266. The molecule has 0 bridgehead atoms. The van der Waals surface area contributed by atoms with Crippen molar-refractivity contribution in [2.24, 2.45) is 11.3 Å². The summed E-state index contributed by atoms with van der Waals surface area (Å²) in [6.07, 6.45) is 3.41. The lowest BCUT2D eigenvalue weighted by Crippen LogP contribution is -2.52. The molecule has 0 aromatic rings. The zero-order valence-electron chi connectivity index (χ0n) is 12.4. The van der Waals surface area contributed by atoms with E-state index < -0.39 is 0 Å². The Morgan fingerprint density at radius 3 is 2.67 bits per heavy atom. The van der Waals surface area contributed by atoms with E-state index in [2.05, 4.69) is 33.0 Å². The molecule has 0 saturated carbocycles. The molecule has 1 N–H and O–H groups in total. The molecule has 2 rings (SSSR count). The highest BCUT2D eigenvalue weighted by molar-refractivity contribution is 4.96. The van der Waals surface area contributed by atoms with Crippen LogP contribution in [-0.4, -0.2) is 38.0 Å². The van der Waals surface area contributed by atoms with Crippen molar-refractivity contribution in [3.05, 3.63) is 0 Å². The Morgan fingerprint density at radius 2 is 2.11 bits per heavy atom. The highest BCUT2D eigenvalue weighted by Gasteiger charge is 2.44. The summed E-state index contributed by atoms with van der Waals surface area (Å²) < 4.78 is 11.6. The molecule has 0 aliphatic carbocycles. The Labute approximate surface area is 112 Å². The van der Waals surface area contributed by atoms with Crippen molar-refractivity contribution in [3.63, 3.8) is 0 Å². The van der Waals surface area contributed by atoms with E-state index in [1.54, 1.807) is 0 Å². The average Bonchev–Trinajstić information content (AvgIpc) is 2.72. The van der Waals surface area contributed by atoms with Crippen LogP contribution in [0.5, 0.6) is 0 Å². The lowest BCUT2D eigenvalue weighted by Gasteiger charge is -2.45. The largest absolute Gasteiger partial charge is 0.378 e. The van der Waals surface area contributed by atoms with Gasteiger partial charge in [0.25, 0.3) is 0 Å². The minimum Gasteiger partial charge on any atom is -0.378 e. The molecule has 3 unspecified atom stereocenters. The van der Waals surface area contributed by atoms with Gasteiger partial charge in [-0.15, -0.1) is 0 Å². The fraction of sp³-hybridized carbons (Fsp3) is 1.00. The summed E-state index contributed by atoms with van der Waals surface area (Å²) in [6, 6.07) is 0.573. The van der Waals surface area contributed by atoms with Crippen LogP contribution in [0.15, 0.2) is 0 Å². The second-order valence-corrected chi connectivity index (χ2v) is 6.99. The molecule has 2 fully saturated rings. The molecule has 3 nitrogen and oxygen atoms in total. The van der Waals surface area contributed by atoms with Crippen LogP contribution in [0, 0.1) is 11.3 Å². The molecule has 3 heteroatoms. The monoisotopic (exact) mass is 255 g/mol. The first-order valence-electron chi connectivity index (χ1n) is 7.42. The van der Waals surface area contributed by atoms with Gasteiger partial charge in [-0.25, -0.2) is 0 Å². The van der Waals surface area contributed by atoms with Crippen LogP contribution in [0.3, 0.4) is 0 Å². The van der Waals surface area contributed by atoms with Gasteiger partial charge in [-0.05, 0) is 30.7 Å². The number of hydrogen-bond donors (Lipinski definition) is 1. The molecule has 2 heterocycles. The van der Waals surface area contributed by atoms with Crippen LogP contribution in [0.2, 0.25) is 0 Å². The fourth-order valence-electron chi connectivity index (χ4n) is 3.61. The molecule has 0 radical (unpaired) electrons. The number of ether oxygens (including phenoxy) is 2. The van der Waals surface area contributed by atoms with Gasteiger partial charge in [0.1, 0.15) is 0 Å². The predicted octanol–water partition coefficient (Wildman–Crippen LogP) is 2.60. The first-order chi connectivity index (χ1) is 8.47. The summed E-state index contributed by atoms with van der Waals surface area (Å²) in [5.74, 6) is 0.709. The third kappa shape index (κ3) is 3.06. The van der Waals surface area contributed by atoms with Crippen LogP contribution in [0.4, 0.5) is 0 Å². The maximum absolute atomic E-state index is 6.04. The lowest BCUT2D eigenvalue weighted by molar-refractivity contribution is -0.108. The molecule has 2 aliphatic rings. The Balaban J connectivity index is 2.06. The summed E-state index contributed by atoms with van der Waals surface area (Å²) in [7, 11) is 0. The number of hydrogen-bond acceptors (Lipinski definition) is 3. The Kier molecular flexibility index (Phi) is 4.35. The van der Waals surface area contributed by atoms with E-state index in [4.69, 9.17) is 9.47 Å². The van der Waals surface area contributed by atoms with Crippen molar-refractivity contribution in [1.29, 1.82) is 0 Å². The van der Waals surface area contributed by atoms with Crippen LogP contribution < -0.4 is 5.32 Å². The molecule has 0 aromatic heterocycles. The summed E-state index contributed by atoms with van der Waals surface area (Å²) in [4.78, 5) is 0. The van der Waals surface area contributed by atoms with Gasteiger partial charge in [-0.1, -0.05) is 27.7 Å². The molecule has 106 valence electrons. The summed E-state index contributed by atoms with van der Waals surface area (Å²) >= 11 is 0. The highest BCUT2D eigenvalue weighted by Crippen LogP contribution is 2.40. The van der Waals surface area contributed by atoms with Gasteiger partial charge in [0.05, 0.1) is 12.2 Å². The first-order valence-corrected chi connectivity index (χ1v) is 7.42.